The molecule has 0 aromatic heterocycles. The average molecular weight is 364 g/mol. The van der Waals surface area contributed by atoms with Gasteiger partial charge in [0.1, 0.15) is 0 Å². The predicted octanol–water partition coefficient (Wildman–Crippen LogP) is 3.10. The molecule has 1 heterocycles. The Morgan fingerprint density at radius 3 is 2.46 bits per heavy atom. The summed E-state index contributed by atoms with van der Waals surface area (Å²) < 4.78 is 61.8. The van der Waals surface area contributed by atoms with Crippen LogP contribution in [0.2, 0.25) is 0 Å². The Hall–Kier alpha value is -1.77. The second-order valence-electron chi connectivity index (χ2n) is 6.61. The summed E-state index contributed by atoms with van der Waals surface area (Å²) in [5, 5.41) is 0. The van der Waals surface area contributed by atoms with Crippen LogP contribution in [0.15, 0.2) is 24.3 Å². The molecule has 1 aromatic rings. The summed E-state index contributed by atoms with van der Waals surface area (Å²) in [6, 6.07) is 5.76. The number of halogens is 3. The number of rotatable bonds is 4. The molecule has 0 bridgehead atoms. The summed E-state index contributed by atoms with van der Waals surface area (Å²) in [5.74, 6) is -0.0975. The predicted molar refractivity (Wildman–Crippen MR) is 83.5 cm³/mol. The Bertz CT molecular complexity index is 730. The van der Waals surface area contributed by atoms with Gasteiger partial charge in [0.05, 0.1) is 5.69 Å². The van der Waals surface area contributed by atoms with Crippen molar-refractivity contribution in [2.45, 2.75) is 38.7 Å². The minimum atomic E-state index is -5.50. The maximum Gasteiger partial charge on any atom is 0.516 e. The molecule has 0 spiro atoms. The smallest absolute Gasteiger partial charge is 0.338 e. The van der Waals surface area contributed by atoms with Gasteiger partial charge < -0.3 is 4.90 Å². The van der Waals surface area contributed by atoms with Gasteiger partial charge in [-0.05, 0) is 23.5 Å². The molecule has 0 radical (unpaired) electrons. The van der Waals surface area contributed by atoms with Gasteiger partial charge in [-0.15, -0.1) is 0 Å². The summed E-state index contributed by atoms with van der Waals surface area (Å²) in [5.41, 5.74) is -5.36. The lowest BCUT2D eigenvalue weighted by Crippen LogP contribution is -2.41. The number of nitrogens with zero attached hydrogens (tertiary/aromatic N) is 1. The van der Waals surface area contributed by atoms with E-state index >= 15 is 0 Å². The fourth-order valence-electron chi connectivity index (χ4n) is 2.51. The maximum atomic E-state index is 12.5. The second kappa shape index (κ2) is 6.27. The van der Waals surface area contributed by atoms with E-state index in [-0.39, 0.29) is 23.6 Å². The van der Waals surface area contributed by atoms with E-state index in [0.717, 1.165) is 6.42 Å². The molecule has 1 aliphatic heterocycles. The number of benzene rings is 1. The SMILES string of the molecule is CC1(C)CCN(Cc2ccccc2NS(=O)(=O)C(F)(F)F)C(=O)C1. The molecule has 0 aliphatic carbocycles. The lowest BCUT2D eigenvalue weighted by Gasteiger charge is -2.36. The second-order valence-corrected chi connectivity index (χ2v) is 8.29. The fourth-order valence-corrected chi connectivity index (χ4v) is 3.11. The summed E-state index contributed by atoms with van der Waals surface area (Å²) in [7, 11) is -5.50. The van der Waals surface area contributed by atoms with Crippen LogP contribution in [0.1, 0.15) is 32.3 Å². The molecule has 1 amide bonds. The third-order valence-corrected chi connectivity index (χ3v) is 5.07. The van der Waals surface area contributed by atoms with E-state index in [1.807, 2.05) is 13.8 Å². The van der Waals surface area contributed by atoms with Crippen LogP contribution in [-0.4, -0.2) is 31.3 Å². The van der Waals surface area contributed by atoms with E-state index in [1.165, 1.54) is 23.1 Å². The number of alkyl halides is 3. The van der Waals surface area contributed by atoms with Crippen molar-refractivity contribution in [3.63, 3.8) is 0 Å². The highest BCUT2D eigenvalue weighted by atomic mass is 32.2. The van der Waals surface area contributed by atoms with Gasteiger partial charge in [0, 0.05) is 19.5 Å². The zero-order chi connectivity index (χ0) is 18.2. The lowest BCUT2D eigenvalue weighted by molar-refractivity contribution is -0.137. The number of nitrogens with one attached hydrogen (secondary N) is 1. The number of hydrogen-bond donors (Lipinski definition) is 1. The van der Waals surface area contributed by atoms with Crippen LogP contribution >= 0.6 is 0 Å². The van der Waals surface area contributed by atoms with Crippen molar-refractivity contribution in [2.75, 3.05) is 11.3 Å². The normalized spacial score (nSPS) is 18.5. The van der Waals surface area contributed by atoms with Crippen molar-refractivity contribution in [2.24, 2.45) is 5.41 Å². The van der Waals surface area contributed by atoms with E-state index in [0.29, 0.717) is 18.5 Å². The average Bonchev–Trinajstić information content (AvgIpc) is 2.41. The van der Waals surface area contributed by atoms with Gasteiger partial charge in [0.15, 0.2) is 0 Å². The molecule has 0 saturated carbocycles. The molecule has 5 nitrogen and oxygen atoms in total. The third kappa shape index (κ3) is 4.19. The first-order chi connectivity index (χ1) is 10.9. The number of likely N-dealkylation sites (tertiary alicyclic amines) is 1. The van der Waals surface area contributed by atoms with E-state index in [1.54, 1.807) is 10.8 Å². The monoisotopic (exact) mass is 364 g/mol. The van der Waals surface area contributed by atoms with Crippen LogP contribution in [0, 0.1) is 5.41 Å². The van der Waals surface area contributed by atoms with Crippen LogP contribution in [0.5, 0.6) is 0 Å². The van der Waals surface area contributed by atoms with Crippen LogP contribution in [0.3, 0.4) is 0 Å². The molecule has 2 rings (SSSR count). The number of hydrogen-bond acceptors (Lipinski definition) is 3. The number of sulfonamides is 1. The number of para-hydroxylation sites is 1. The van der Waals surface area contributed by atoms with Gasteiger partial charge in [0.25, 0.3) is 0 Å². The Labute approximate surface area is 138 Å². The minimum Gasteiger partial charge on any atom is -0.338 e. The highest BCUT2D eigenvalue weighted by Gasteiger charge is 2.46. The van der Waals surface area contributed by atoms with Crippen molar-refractivity contribution in [1.29, 1.82) is 0 Å². The van der Waals surface area contributed by atoms with E-state index in [2.05, 4.69) is 0 Å². The summed E-state index contributed by atoms with van der Waals surface area (Å²) >= 11 is 0. The number of amides is 1. The summed E-state index contributed by atoms with van der Waals surface area (Å²) in [6.45, 7) is 4.50. The van der Waals surface area contributed by atoms with Crippen LogP contribution in [-0.2, 0) is 21.4 Å². The molecule has 1 fully saturated rings. The highest BCUT2D eigenvalue weighted by Crippen LogP contribution is 2.32. The number of anilines is 1. The van der Waals surface area contributed by atoms with Crippen LogP contribution in [0.25, 0.3) is 0 Å². The largest absolute Gasteiger partial charge is 0.516 e. The molecule has 9 heteroatoms. The number of piperidine rings is 1. The fraction of sp³-hybridized carbons (Fsp3) is 0.533. The topological polar surface area (TPSA) is 66.5 Å². The molecule has 0 atom stereocenters. The van der Waals surface area contributed by atoms with Gasteiger partial charge in [0.2, 0.25) is 5.91 Å². The molecule has 24 heavy (non-hydrogen) atoms. The van der Waals surface area contributed by atoms with Crippen molar-refractivity contribution in [1.82, 2.24) is 4.90 Å². The molecular formula is C15H19F3N2O3S. The van der Waals surface area contributed by atoms with Crippen molar-refractivity contribution in [3.8, 4) is 0 Å². The first-order valence-electron chi connectivity index (χ1n) is 7.36. The molecule has 134 valence electrons. The van der Waals surface area contributed by atoms with Gasteiger partial charge in [-0.25, -0.2) is 0 Å². The molecular weight excluding hydrogens is 345 g/mol. The zero-order valence-electron chi connectivity index (χ0n) is 13.4. The first kappa shape index (κ1) is 18.6. The Morgan fingerprint density at radius 2 is 1.88 bits per heavy atom. The Balaban J connectivity index is 2.20. The van der Waals surface area contributed by atoms with Gasteiger partial charge in [-0.2, -0.15) is 21.6 Å². The van der Waals surface area contributed by atoms with E-state index < -0.39 is 15.5 Å². The maximum absolute atomic E-state index is 12.5. The summed E-state index contributed by atoms with van der Waals surface area (Å²) in [6.07, 6.45) is 1.12. The minimum absolute atomic E-state index is 0.0610. The van der Waals surface area contributed by atoms with Gasteiger partial charge >= 0.3 is 15.5 Å². The quantitative estimate of drug-likeness (QED) is 0.893. The van der Waals surface area contributed by atoms with Crippen molar-refractivity contribution in [3.05, 3.63) is 29.8 Å². The molecule has 1 N–H and O–H groups in total. The van der Waals surface area contributed by atoms with Gasteiger partial charge in [-0.1, -0.05) is 32.0 Å². The molecule has 1 aromatic carbocycles. The standard InChI is InChI=1S/C15H19F3N2O3S/c1-14(2)7-8-20(13(21)9-14)10-11-5-3-4-6-12(11)19-24(22,23)15(16,17)18/h3-6,19H,7-10H2,1-2H3. The van der Waals surface area contributed by atoms with Crippen molar-refractivity contribution < 1.29 is 26.4 Å². The summed E-state index contributed by atoms with van der Waals surface area (Å²) in [4.78, 5) is 13.7. The number of carbonyl (C=O) groups is 1. The Morgan fingerprint density at radius 1 is 1.25 bits per heavy atom. The molecule has 1 saturated heterocycles. The van der Waals surface area contributed by atoms with Crippen molar-refractivity contribution >= 4 is 21.6 Å². The van der Waals surface area contributed by atoms with E-state index in [4.69, 9.17) is 0 Å². The van der Waals surface area contributed by atoms with E-state index in [9.17, 15) is 26.4 Å². The Kier molecular flexibility index (Phi) is 4.85. The lowest BCUT2D eigenvalue weighted by atomic mass is 9.82. The highest BCUT2D eigenvalue weighted by molar-refractivity contribution is 7.93. The van der Waals surface area contributed by atoms with Crippen LogP contribution < -0.4 is 4.72 Å². The number of carbonyl (C=O) groups excluding carboxylic acids is 1. The third-order valence-electron chi connectivity index (χ3n) is 3.97. The zero-order valence-corrected chi connectivity index (χ0v) is 14.2. The molecule has 0 unspecified atom stereocenters. The first-order valence-corrected chi connectivity index (χ1v) is 8.84. The van der Waals surface area contributed by atoms with Gasteiger partial charge in [-0.3, -0.25) is 9.52 Å². The van der Waals surface area contributed by atoms with Crippen LogP contribution in [0.4, 0.5) is 18.9 Å². The molecule has 1 aliphatic rings.